The second-order valence-corrected chi connectivity index (χ2v) is 20.9. The zero-order valence-corrected chi connectivity index (χ0v) is 42.8. The average Bonchev–Trinajstić information content (AvgIpc) is 4.05. The molecule has 352 valence electrons. The van der Waals surface area contributed by atoms with Crippen LogP contribution in [0.5, 0.6) is 0 Å². The van der Waals surface area contributed by atoms with E-state index < -0.39 is 0 Å². The molecule has 0 unspecified atom stereocenters. The van der Waals surface area contributed by atoms with Crippen LogP contribution in [0.4, 0.5) is 0 Å². The summed E-state index contributed by atoms with van der Waals surface area (Å²) in [6.07, 6.45) is 0. The minimum Gasteiger partial charge on any atom is -0.309 e. The van der Waals surface area contributed by atoms with Crippen molar-refractivity contribution in [3.05, 3.63) is 275 Å². The van der Waals surface area contributed by atoms with E-state index >= 15 is 0 Å². The monoisotopic (exact) mass is 930 g/mol. The molecule has 0 N–H and O–H groups in total. The van der Waals surface area contributed by atoms with Crippen LogP contribution >= 0.6 is 0 Å². The largest absolute Gasteiger partial charge is 0.309 e. The van der Waals surface area contributed by atoms with Gasteiger partial charge in [-0.3, -0.25) is 0 Å². The van der Waals surface area contributed by atoms with E-state index in [4.69, 9.17) is 0 Å². The lowest BCUT2D eigenvalue weighted by Gasteiger charge is -2.21. The highest BCUT2D eigenvalue weighted by Crippen LogP contribution is 2.50. The van der Waals surface area contributed by atoms with E-state index in [1.807, 2.05) is 0 Å². The lowest BCUT2D eigenvalue weighted by Crippen LogP contribution is -2.14. The second-order valence-electron chi connectivity index (χ2n) is 20.9. The molecule has 2 aliphatic rings. The summed E-state index contributed by atoms with van der Waals surface area (Å²) in [7, 11) is 0. The maximum Gasteiger partial charge on any atom is 0.0543 e. The average molecular weight is 931 g/mol. The van der Waals surface area contributed by atoms with E-state index in [-0.39, 0.29) is 10.8 Å². The van der Waals surface area contributed by atoms with E-state index in [0.717, 1.165) is 0 Å². The van der Waals surface area contributed by atoms with Crippen molar-refractivity contribution in [3.63, 3.8) is 0 Å². The van der Waals surface area contributed by atoms with Gasteiger partial charge < -0.3 is 9.13 Å². The number of fused-ring (bicyclic) bond motifs is 12. The molecule has 2 aliphatic carbocycles. The molecule has 2 heteroatoms. The van der Waals surface area contributed by atoms with E-state index in [9.17, 15) is 0 Å². The Morgan fingerprint density at radius 2 is 0.639 bits per heavy atom. The number of aromatic nitrogens is 2. The molecule has 0 amide bonds. The third-order valence-corrected chi connectivity index (χ3v) is 15.2. The van der Waals surface area contributed by atoms with Crippen molar-refractivity contribution in [2.24, 2.45) is 0 Å². The summed E-state index contributed by atoms with van der Waals surface area (Å²) in [6, 6.07) is 82.8. The summed E-state index contributed by atoms with van der Waals surface area (Å²) in [4.78, 5) is 0. The van der Waals surface area contributed by atoms with Crippen LogP contribution in [0.15, 0.2) is 231 Å². The number of nitrogens with zero attached hydrogens (tertiary/aromatic N) is 2. The summed E-state index contributed by atoms with van der Waals surface area (Å²) in [5.41, 5.74) is 24.5. The summed E-state index contributed by atoms with van der Waals surface area (Å²) in [6.45, 7) is 17.9. The Morgan fingerprint density at radius 1 is 0.250 bits per heavy atom. The quantitative estimate of drug-likeness (QED) is 0.163. The molecule has 2 nitrogen and oxygen atoms in total. The Labute approximate surface area is 425 Å². The SMILES string of the molecule is Cc1ccc2c(c1)-c1ccccc1C2(C)C.Cc1ccc2c(c1)C(C)(C)c1ccccc1-2.Cc1ccc2c(c1)c1ccccc1n2-c1ccccc1.Cc1ccc2c3ccccc3n(-c3ccccc3)c2c1. The smallest absolute Gasteiger partial charge is 0.0543 e. The molecule has 72 heavy (non-hydrogen) atoms. The molecule has 14 rings (SSSR count). The number of hydrogen-bond donors (Lipinski definition) is 0. The minimum absolute atomic E-state index is 0.151. The molecule has 0 saturated heterocycles. The van der Waals surface area contributed by atoms with Crippen LogP contribution < -0.4 is 0 Å². The molecule has 0 spiro atoms. The molecule has 2 aromatic heterocycles. The fourth-order valence-corrected chi connectivity index (χ4v) is 11.5. The first-order valence-electron chi connectivity index (χ1n) is 25.4. The number of rotatable bonds is 2. The van der Waals surface area contributed by atoms with Gasteiger partial charge in [0.05, 0.1) is 22.1 Å². The van der Waals surface area contributed by atoms with Crippen molar-refractivity contribution in [2.45, 2.75) is 66.2 Å². The minimum atomic E-state index is 0.151. The Kier molecular flexibility index (Phi) is 11.9. The molecular formula is C70H62N2. The van der Waals surface area contributed by atoms with Gasteiger partial charge in [-0.1, -0.05) is 220 Å². The van der Waals surface area contributed by atoms with Crippen molar-refractivity contribution in [1.29, 1.82) is 0 Å². The van der Waals surface area contributed by atoms with Gasteiger partial charge in [-0.25, -0.2) is 0 Å². The maximum atomic E-state index is 2.34. The summed E-state index contributed by atoms with van der Waals surface area (Å²) >= 11 is 0. The topological polar surface area (TPSA) is 9.86 Å². The van der Waals surface area contributed by atoms with Gasteiger partial charge in [-0.2, -0.15) is 0 Å². The van der Waals surface area contributed by atoms with Crippen LogP contribution in [0.1, 0.15) is 72.2 Å². The molecule has 12 aromatic rings. The number of para-hydroxylation sites is 4. The maximum absolute atomic E-state index is 2.34. The van der Waals surface area contributed by atoms with Crippen LogP contribution in [0, 0.1) is 27.7 Å². The zero-order chi connectivity index (χ0) is 49.7. The van der Waals surface area contributed by atoms with Crippen LogP contribution in [-0.4, -0.2) is 9.13 Å². The van der Waals surface area contributed by atoms with Crippen LogP contribution in [0.3, 0.4) is 0 Å². The number of aryl methyl sites for hydroxylation is 4. The Bertz CT molecular complexity index is 3950. The number of hydrogen-bond acceptors (Lipinski definition) is 0. The molecule has 0 fully saturated rings. The lowest BCUT2D eigenvalue weighted by molar-refractivity contribution is 0.660. The molecule has 0 radical (unpaired) electrons. The third kappa shape index (κ3) is 8.11. The van der Waals surface area contributed by atoms with Gasteiger partial charge in [0, 0.05) is 43.7 Å². The van der Waals surface area contributed by atoms with Crippen LogP contribution in [0.25, 0.3) is 77.2 Å². The standard InChI is InChI=1S/2C19H15N.2C16H16/c1-14-11-12-19-17(13-14)16-9-5-6-10-18(16)20(19)15-7-3-2-4-8-15;1-14-11-12-17-16-9-5-6-10-18(16)20(19(17)13-14)15-7-3-2-4-8-15;1-11-8-9-15-13(10-11)12-6-4-5-7-14(12)16(15,2)3;1-11-8-9-13-12-6-4-5-7-14(12)16(2,3)15(13)10-11/h2*2-13H,1H3;2*4-10H,1-3H3. The van der Waals surface area contributed by atoms with E-state index in [2.05, 4.69) is 295 Å². The van der Waals surface area contributed by atoms with Gasteiger partial charge in [0.15, 0.2) is 0 Å². The van der Waals surface area contributed by atoms with Gasteiger partial charge in [0.1, 0.15) is 0 Å². The first kappa shape index (κ1) is 46.2. The van der Waals surface area contributed by atoms with Gasteiger partial charge >= 0.3 is 0 Å². The Balaban J connectivity index is 0.000000104. The van der Waals surface area contributed by atoms with E-state index in [1.165, 1.54) is 122 Å². The van der Waals surface area contributed by atoms with Crippen LogP contribution in [-0.2, 0) is 10.8 Å². The predicted molar refractivity (Wildman–Crippen MR) is 309 cm³/mol. The Morgan fingerprint density at radius 3 is 1.28 bits per heavy atom. The first-order valence-corrected chi connectivity index (χ1v) is 25.4. The molecule has 0 saturated carbocycles. The Hall–Kier alpha value is -8.20. The fraction of sp³-hybridized carbons (Fsp3) is 0.143. The third-order valence-electron chi connectivity index (χ3n) is 15.2. The van der Waals surface area contributed by atoms with Crippen molar-refractivity contribution in [1.82, 2.24) is 9.13 Å². The van der Waals surface area contributed by atoms with Gasteiger partial charge in [0.25, 0.3) is 0 Å². The molecule has 10 aromatic carbocycles. The van der Waals surface area contributed by atoms with Crippen molar-refractivity contribution >= 4 is 43.6 Å². The molecule has 0 aliphatic heterocycles. The van der Waals surface area contributed by atoms with Gasteiger partial charge in [-0.15, -0.1) is 0 Å². The predicted octanol–water partition coefficient (Wildman–Crippen LogP) is 18.8. The van der Waals surface area contributed by atoms with E-state index in [1.54, 1.807) is 0 Å². The summed E-state index contributed by atoms with van der Waals surface area (Å²) in [5.74, 6) is 0. The molecule has 2 heterocycles. The van der Waals surface area contributed by atoms with Crippen molar-refractivity contribution in [3.8, 4) is 33.6 Å². The second kappa shape index (κ2) is 18.5. The fourth-order valence-electron chi connectivity index (χ4n) is 11.5. The van der Waals surface area contributed by atoms with Crippen molar-refractivity contribution < 1.29 is 0 Å². The highest BCUT2D eigenvalue weighted by atomic mass is 15.0. The van der Waals surface area contributed by atoms with Gasteiger partial charge in [0.2, 0.25) is 0 Å². The molecule has 0 bridgehead atoms. The zero-order valence-electron chi connectivity index (χ0n) is 42.8. The molecular weight excluding hydrogens is 869 g/mol. The summed E-state index contributed by atoms with van der Waals surface area (Å²) < 4.78 is 4.68. The summed E-state index contributed by atoms with van der Waals surface area (Å²) in [5, 5.41) is 5.26. The number of benzene rings is 10. The van der Waals surface area contributed by atoms with Crippen LogP contribution in [0.2, 0.25) is 0 Å². The normalized spacial score (nSPS) is 13.2. The highest BCUT2D eigenvalue weighted by Gasteiger charge is 2.36. The first-order chi connectivity index (χ1) is 34.9. The molecule has 0 atom stereocenters. The van der Waals surface area contributed by atoms with Crippen molar-refractivity contribution in [2.75, 3.05) is 0 Å². The highest BCUT2D eigenvalue weighted by molar-refractivity contribution is 6.10. The lowest BCUT2D eigenvalue weighted by atomic mass is 9.82. The van der Waals surface area contributed by atoms with Gasteiger partial charge in [-0.05, 0) is 132 Å². The van der Waals surface area contributed by atoms with E-state index in [0.29, 0.717) is 0 Å².